The van der Waals surface area contributed by atoms with Gasteiger partial charge in [-0.1, -0.05) is 12.1 Å². The number of halogens is 1. The Labute approximate surface area is 114 Å². The van der Waals surface area contributed by atoms with Gasteiger partial charge >= 0.3 is 0 Å². The zero-order chi connectivity index (χ0) is 12.1. The lowest BCUT2D eigenvalue weighted by molar-refractivity contribution is 0.111. The quantitative estimate of drug-likeness (QED) is 0.855. The van der Waals surface area contributed by atoms with Crippen molar-refractivity contribution in [1.82, 2.24) is 10.2 Å². The first-order valence-electron chi connectivity index (χ1n) is 5.91. The maximum Gasteiger partial charge on any atom is 0.0991 e. The molecule has 0 radical (unpaired) electrons. The Bertz CT molecular complexity index is 413. The molecule has 0 aliphatic carbocycles. The number of aliphatic hydroxyl groups excluding tert-OH is 1. The van der Waals surface area contributed by atoms with Crippen LogP contribution in [0.25, 0.3) is 0 Å². The molecule has 2 rings (SSSR count). The van der Waals surface area contributed by atoms with Gasteiger partial charge in [0.25, 0.3) is 0 Å². The molecule has 1 aliphatic rings. The maximum absolute atomic E-state index is 9.55. The smallest absolute Gasteiger partial charge is 0.0991 e. The normalized spacial score (nSPS) is 17.6. The molecule has 98 valence electrons. The molecule has 0 spiro atoms. The Hall–Kier alpha value is -1.12. The second-order valence-electron chi connectivity index (χ2n) is 4.22. The molecule has 4 nitrogen and oxygen atoms in total. The number of hydrogen-bond donors (Lipinski definition) is 2. The molecular formula is C13H18ClN3O. The van der Waals surface area contributed by atoms with E-state index in [1.165, 1.54) is 0 Å². The number of nitriles is 1. The lowest BCUT2D eigenvalue weighted by Crippen LogP contribution is -2.46. The highest BCUT2D eigenvalue weighted by molar-refractivity contribution is 5.85. The van der Waals surface area contributed by atoms with E-state index in [4.69, 9.17) is 5.26 Å². The first-order valence-corrected chi connectivity index (χ1v) is 5.91. The van der Waals surface area contributed by atoms with Crippen molar-refractivity contribution in [2.45, 2.75) is 6.04 Å². The van der Waals surface area contributed by atoms with Crippen LogP contribution in [0.15, 0.2) is 24.3 Å². The van der Waals surface area contributed by atoms with Crippen molar-refractivity contribution in [2.75, 3.05) is 32.8 Å². The molecule has 1 aliphatic heterocycles. The van der Waals surface area contributed by atoms with Crippen molar-refractivity contribution in [2.24, 2.45) is 0 Å². The van der Waals surface area contributed by atoms with E-state index < -0.39 is 0 Å². The molecule has 18 heavy (non-hydrogen) atoms. The minimum atomic E-state index is 0. The minimum Gasteiger partial charge on any atom is -0.394 e. The van der Waals surface area contributed by atoms with Gasteiger partial charge in [-0.25, -0.2) is 0 Å². The number of hydrogen-bond acceptors (Lipinski definition) is 4. The van der Waals surface area contributed by atoms with Gasteiger partial charge in [0.05, 0.1) is 24.3 Å². The van der Waals surface area contributed by atoms with Crippen LogP contribution in [0.1, 0.15) is 17.2 Å². The van der Waals surface area contributed by atoms with Gasteiger partial charge in [-0.05, 0) is 17.7 Å². The summed E-state index contributed by atoms with van der Waals surface area (Å²) in [5.41, 5.74) is 1.67. The SMILES string of the molecule is Cl.N#Cc1cccc([C@H](CO)N2CCNCC2)c1. The first-order chi connectivity index (χ1) is 8.35. The van der Waals surface area contributed by atoms with Crippen LogP contribution in [0.5, 0.6) is 0 Å². The van der Waals surface area contributed by atoms with Gasteiger partial charge in [0.1, 0.15) is 0 Å². The van der Waals surface area contributed by atoms with Crippen molar-refractivity contribution in [3.8, 4) is 6.07 Å². The van der Waals surface area contributed by atoms with E-state index in [0.29, 0.717) is 5.56 Å². The fraction of sp³-hybridized carbons (Fsp3) is 0.462. The second-order valence-corrected chi connectivity index (χ2v) is 4.22. The van der Waals surface area contributed by atoms with Gasteiger partial charge in [-0.2, -0.15) is 5.26 Å². The number of aliphatic hydroxyl groups is 1. The fourth-order valence-electron chi connectivity index (χ4n) is 2.24. The lowest BCUT2D eigenvalue weighted by atomic mass is 10.0. The summed E-state index contributed by atoms with van der Waals surface area (Å²) >= 11 is 0. The van der Waals surface area contributed by atoms with Crippen molar-refractivity contribution in [3.05, 3.63) is 35.4 Å². The summed E-state index contributed by atoms with van der Waals surface area (Å²) in [6.45, 7) is 3.86. The molecule has 2 N–H and O–H groups in total. The Kier molecular flexibility index (Phi) is 6.10. The summed E-state index contributed by atoms with van der Waals surface area (Å²) in [6, 6.07) is 9.64. The zero-order valence-electron chi connectivity index (χ0n) is 10.2. The second kappa shape index (κ2) is 7.34. The number of rotatable bonds is 3. The Balaban J connectivity index is 0.00000162. The molecule has 0 bridgehead atoms. The molecule has 1 atom stereocenters. The molecule has 0 unspecified atom stereocenters. The summed E-state index contributed by atoms with van der Waals surface area (Å²) in [5, 5.41) is 21.7. The van der Waals surface area contributed by atoms with E-state index >= 15 is 0 Å². The first kappa shape index (κ1) is 14.9. The maximum atomic E-state index is 9.55. The minimum absolute atomic E-state index is 0. The van der Waals surface area contributed by atoms with Crippen LogP contribution >= 0.6 is 12.4 Å². The number of nitrogens with one attached hydrogen (secondary N) is 1. The van der Waals surface area contributed by atoms with E-state index in [2.05, 4.69) is 16.3 Å². The third kappa shape index (κ3) is 3.44. The van der Waals surface area contributed by atoms with E-state index in [1.807, 2.05) is 18.2 Å². The molecule has 1 saturated heterocycles. The molecule has 5 heteroatoms. The monoisotopic (exact) mass is 267 g/mol. The summed E-state index contributed by atoms with van der Waals surface area (Å²) in [5.74, 6) is 0. The average molecular weight is 268 g/mol. The van der Waals surface area contributed by atoms with E-state index in [1.54, 1.807) is 6.07 Å². The van der Waals surface area contributed by atoms with Crippen LogP contribution < -0.4 is 5.32 Å². The molecule has 1 aromatic carbocycles. The highest BCUT2D eigenvalue weighted by Gasteiger charge is 2.21. The number of benzene rings is 1. The third-order valence-electron chi connectivity index (χ3n) is 3.17. The largest absolute Gasteiger partial charge is 0.394 e. The van der Waals surface area contributed by atoms with E-state index in [9.17, 15) is 5.11 Å². The summed E-state index contributed by atoms with van der Waals surface area (Å²) in [6.07, 6.45) is 0. The van der Waals surface area contributed by atoms with Crippen molar-refractivity contribution >= 4 is 12.4 Å². The molecular weight excluding hydrogens is 250 g/mol. The van der Waals surface area contributed by atoms with Gasteiger partial charge in [0, 0.05) is 26.2 Å². The molecule has 1 fully saturated rings. The molecule has 0 amide bonds. The molecule has 0 saturated carbocycles. The third-order valence-corrected chi connectivity index (χ3v) is 3.17. The molecule has 1 aromatic rings. The topological polar surface area (TPSA) is 59.3 Å². The van der Waals surface area contributed by atoms with Gasteiger partial charge in [0.15, 0.2) is 0 Å². The van der Waals surface area contributed by atoms with Gasteiger partial charge in [0.2, 0.25) is 0 Å². The van der Waals surface area contributed by atoms with Crippen molar-refractivity contribution in [1.29, 1.82) is 5.26 Å². The Morgan fingerprint density at radius 1 is 1.39 bits per heavy atom. The standard InChI is InChI=1S/C13H17N3O.ClH/c14-9-11-2-1-3-12(8-11)13(10-17)16-6-4-15-5-7-16;/h1-3,8,13,15,17H,4-7,10H2;1H/t13-;/m0./s1. The molecule has 0 aromatic heterocycles. The highest BCUT2D eigenvalue weighted by atomic mass is 35.5. The van der Waals surface area contributed by atoms with Crippen LogP contribution in [0, 0.1) is 11.3 Å². The summed E-state index contributed by atoms with van der Waals surface area (Å²) in [4.78, 5) is 2.26. The highest BCUT2D eigenvalue weighted by Crippen LogP contribution is 2.21. The van der Waals surface area contributed by atoms with Crippen LogP contribution in [0.2, 0.25) is 0 Å². The average Bonchev–Trinajstić information content (AvgIpc) is 2.41. The predicted molar refractivity (Wildman–Crippen MR) is 72.7 cm³/mol. The number of nitrogens with zero attached hydrogens (tertiary/aromatic N) is 2. The Morgan fingerprint density at radius 3 is 2.72 bits per heavy atom. The lowest BCUT2D eigenvalue weighted by Gasteiger charge is -2.34. The fourth-order valence-corrected chi connectivity index (χ4v) is 2.24. The van der Waals surface area contributed by atoms with Gasteiger partial charge in [-0.15, -0.1) is 12.4 Å². The summed E-state index contributed by atoms with van der Waals surface area (Å²) in [7, 11) is 0. The van der Waals surface area contributed by atoms with E-state index in [-0.39, 0.29) is 25.1 Å². The van der Waals surface area contributed by atoms with Crippen molar-refractivity contribution in [3.63, 3.8) is 0 Å². The Morgan fingerprint density at radius 2 is 2.11 bits per heavy atom. The van der Waals surface area contributed by atoms with Crippen LogP contribution in [0.3, 0.4) is 0 Å². The summed E-state index contributed by atoms with van der Waals surface area (Å²) < 4.78 is 0. The van der Waals surface area contributed by atoms with Crippen LogP contribution in [-0.2, 0) is 0 Å². The number of piperazine rings is 1. The van der Waals surface area contributed by atoms with Gasteiger partial charge in [-0.3, -0.25) is 4.90 Å². The van der Waals surface area contributed by atoms with Crippen LogP contribution in [-0.4, -0.2) is 42.8 Å². The van der Waals surface area contributed by atoms with E-state index in [0.717, 1.165) is 31.7 Å². The van der Waals surface area contributed by atoms with Crippen LogP contribution in [0.4, 0.5) is 0 Å². The molecule has 1 heterocycles. The predicted octanol–water partition coefficient (Wildman–Crippen LogP) is 0.919. The van der Waals surface area contributed by atoms with Crippen molar-refractivity contribution < 1.29 is 5.11 Å². The zero-order valence-corrected chi connectivity index (χ0v) is 11.0. The van der Waals surface area contributed by atoms with Gasteiger partial charge < -0.3 is 10.4 Å².